The molecule has 0 aliphatic rings. The Bertz CT molecular complexity index is 4680. The van der Waals surface area contributed by atoms with Gasteiger partial charge in [0.05, 0.1) is 44.6 Å². The number of hydrogen-bond donors (Lipinski definition) is 0. The molecule has 0 fully saturated rings. The number of benzene rings is 10. The Hall–Kier alpha value is -10.3. The Labute approximate surface area is 539 Å². The molecule has 0 saturated carbocycles. The molecule has 10 aromatic carbocycles. The first kappa shape index (κ1) is 60.6. The first-order valence-electron chi connectivity index (χ1n) is 31.8. The predicted octanol–water partition coefficient (Wildman–Crippen LogP) is 20.6. The molecule has 0 bridgehead atoms. The molecule has 3 aromatic heterocycles. The first-order chi connectivity index (χ1) is 43.9. The summed E-state index contributed by atoms with van der Waals surface area (Å²) < 4.78 is 16.4. The number of para-hydroxylation sites is 3. The van der Waals surface area contributed by atoms with Crippen molar-refractivity contribution in [3.05, 3.63) is 269 Å². The zero-order chi connectivity index (χ0) is 64.4. The number of fused-ring (bicyclic) bond motifs is 6. The van der Waals surface area contributed by atoms with Crippen LogP contribution in [0.25, 0.3) is 100 Å². The summed E-state index contributed by atoms with van der Waals surface area (Å²) in [6, 6.07) is 76.6. The average molecular weight is 1210 g/mol. The van der Waals surface area contributed by atoms with Crippen molar-refractivity contribution in [3.8, 4) is 56.7 Å². The lowest BCUT2D eigenvalue weighted by molar-refractivity contribution is 0.0464. The number of nitrogens with zero attached hydrogens (tertiary/aromatic N) is 5. The number of carbonyl (C=O) groups is 2. The second-order valence-corrected chi connectivity index (χ2v) is 28.4. The highest BCUT2D eigenvalue weighted by atomic mass is 16.5. The van der Waals surface area contributed by atoms with Crippen LogP contribution in [-0.4, -0.2) is 36.0 Å². The summed E-state index contributed by atoms with van der Waals surface area (Å²) >= 11 is 0. The summed E-state index contributed by atoms with van der Waals surface area (Å²) in [4.78, 5) is 45.0. The monoisotopic (exact) mass is 1210 g/mol. The van der Waals surface area contributed by atoms with Crippen LogP contribution >= 0.6 is 0 Å². The number of carbonyl (C=O) groups excluding carboxylic acids is 2. The molecule has 0 unspecified atom stereocenters. The normalized spacial score (nSPS) is 12.3. The molecule has 0 amide bonds. The van der Waals surface area contributed by atoms with Gasteiger partial charge in [0, 0.05) is 43.8 Å². The van der Waals surface area contributed by atoms with Crippen molar-refractivity contribution in [1.82, 2.24) is 24.1 Å². The first-order valence-corrected chi connectivity index (χ1v) is 31.8. The van der Waals surface area contributed by atoms with Gasteiger partial charge in [0.25, 0.3) is 0 Å². The van der Waals surface area contributed by atoms with E-state index in [9.17, 15) is 9.59 Å². The Morgan fingerprint density at radius 3 is 1.13 bits per heavy atom. The molecule has 0 saturated heterocycles. The zero-order valence-corrected chi connectivity index (χ0v) is 54.6. The molecule has 0 aliphatic carbocycles. The van der Waals surface area contributed by atoms with Crippen molar-refractivity contribution < 1.29 is 19.1 Å². The van der Waals surface area contributed by atoms with Crippen molar-refractivity contribution in [2.75, 3.05) is 0 Å². The molecule has 0 N–H and O–H groups in total. The topological polar surface area (TPSA) is 101 Å². The fraction of sp³-hybridized carbons (Fsp3) is 0.217. The maximum Gasteiger partial charge on any atom is 0.338 e. The van der Waals surface area contributed by atoms with Crippen molar-refractivity contribution in [2.45, 2.75) is 118 Å². The summed E-state index contributed by atoms with van der Waals surface area (Å²) in [5.74, 6) is 0.772. The quantitative estimate of drug-likeness (QED) is 0.112. The lowest BCUT2D eigenvalue weighted by atomic mass is 9.79. The third-order valence-corrected chi connectivity index (χ3v) is 17.7. The fourth-order valence-corrected chi connectivity index (χ4v) is 12.3. The van der Waals surface area contributed by atoms with Gasteiger partial charge in [0.15, 0.2) is 17.5 Å². The molecule has 92 heavy (non-hydrogen) atoms. The number of hydrogen-bond acceptors (Lipinski definition) is 7. The van der Waals surface area contributed by atoms with Crippen molar-refractivity contribution in [2.24, 2.45) is 0 Å². The number of rotatable bonds is 12. The van der Waals surface area contributed by atoms with Gasteiger partial charge in [-0.05, 0) is 152 Å². The van der Waals surface area contributed by atoms with E-state index >= 15 is 0 Å². The predicted molar refractivity (Wildman–Crippen MR) is 376 cm³/mol. The molecule has 9 nitrogen and oxygen atoms in total. The Morgan fingerprint density at radius 1 is 0.326 bits per heavy atom. The smallest absolute Gasteiger partial charge is 0.338 e. The zero-order valence-electron chi connectivity index (χ0n) is 54.6. The Balaban J connectivity index is 1.06. The van der Waals surface area contributed by atoms with Gasteiger partial charge >= 0.3 is 11.9 Å². The van der Waals surface area contributed by atoms with Crippen LogP contribution in [0.1, 0.15) is 137 Å². The minimum atomic E-state index is -0.455. The lowest BCUT2D eigenvalue weighted by Gasteiger charge is -2.26. The van der Waals surface area contributed by atoms with Crippen molar-refractivity contribution in [3.63, 3.8) is 0 Å². The van der Waals surface area contributed by atoms with Gasteiger partial charge in [-0.1, -0.05) is 217 Å². The summed E-state index contributed by atoms with van der Waals surface area (Å²) in [6.45, 7) is 27.4. The molecule has 0 spiro atoms. The fourth-order valence-electron chi connectivity index (χ4n) is 12.3. The van der Waals surface area contributed by atoms with Gasteiger partial charge in [0.2, 0.25) is 0 Å². The van der Waals surface area contributed by atoms with Crippen LogP contribution in [0.4, 0.5) is 0 Å². The molecule has 0 aliphatic heterocycles. The van der Waals surface area contributed by atoms with Crippen LogP contribution in [0.2, 0.25) is 0 Å². The highest BCUT2D eigenvalue weighted by Gasteiger charge is 2.28. The standard InChI is InChI=1S/C83H77N5O4/c1-80(2,3)59-41-57(42-60(48-59)81(4,5)6)75-84-76(58-43-61(82(7,8)9)49-62(44-58)83(10,11)12)86-77(85-75)68-45-54(35-38-74(68)88-70-33-23-20-30-64(70)65-31-21-24-34-71(65)88)63-29-19-22-32-69(63)87-72-39-36-55(78(89)91-50-52-25-15-13-16-26-52)46-66(72)67-47-56(37-40-73(67)87)79(90)92-51-53-27-17-14-18-28-53/h13-49H,50-51H2,1-12H3. The van der Waals surface area contributed by atoms with Gasteiger partial charge in [-0.2, -0.15) is 0 Å². The molecule has 3 heterocycles. The minimum Gasteiger partial charge on any atom is -0.457 e. The molecular weight excluding hydrogens is 1130 g/mol. The van der Waals surface area contributed by atoms with Gasteiger partial charge < -0.3 is 18.6 Å². The molecule has 0 atom stereocenters. The van der Waals surface area contributed by atoms with Gasteiger partial charge in [0.1, 0.15) is 13.2 Å². The van der Waals surface area contributed by atoms with Gasteiger partial charge in [-0.15, -0.1) is 0 Å². The maximum atomic E-state index is 14.0. The van der Waals surface area contributed by atoms with Crippen molar-refractivity contribution >= 4 is 55.6 Å². The number of aromatic nitrogens is 5. The highest BCUT2D eigenvalue weighted by molar-refractivity contribution is 6.14. The Kier molecular flexibility index (Phi) is 15.5. The molecule has 0 radical (unpaired) electrons. The van der Waals surface area contributed by atoms with E-state index in [0.717, 1.165) is 93.9 Å². The van der Waals surface area contributed by atoms with Crippen LogP contribution in [0.15, 0.2) is 224 Å². The van der Waals surface area contributed by atoms with Crippen LogP contribution < -0.4 is 0 Å². The Morgan fingerprint density at radius 2 is 0.696 bits per heavy atom. The van der Waals surface area contributed by atoms with E-state index in [-0.39, 0.29) is 34.9 Å². The second kappa shape index (κ2) is 23.5. The highest BCUT2D eigenvalue weighted by Crippen LogP contribution is 2.43. The molecule has 13 aromatic rings. The molecule has 458 valence electrons. The van der Waals surface area contributed by atoms with E-state index in [0.29, 0.717) is 28.6 Å². The van der Waals surface area contributed by atoms with Crippen LogP contribution in [-0.2, 0) is 44.3 Å². The lowest BCUT2D eigenvalue weighted by Crippen LogP contribution is -2.17. The maximum absolute atomic E-state index is 14.0. The largest absolute Gasteiger partial charge is 0.457 e. The van der Waals surface area contributed by atoms with Crippen LogP contribution in [0, 0.1) is 0 Å². The van der Waals surface area contributed by atoms with E-state index in [1.807, 2.05) is 103 Å². The van der Waals surface area contributed by atoms with Gasteiger partial charge in [-0.3, -0.25) is 0 Å². The summed E-state index contributed by atoms with van der Waals surface area (Å²) in [6.07, 6.45) is 0. The average Bonchev–Trinajstić information content (AvgIpc) is 1.53. The van der Waals surface area contributed by atoms with Crippen LogP contribution in [0.3, 0.4) is 0 Å². The molecular formula is C83H77N5O4. The third kappa shape index (κ3) is 11.9. The van der Waals surface area contributed by atoms with Gasteiger partial charge in [-0.25, -0.2) is 24.5 Å². The van der Waals surface area contributed by atoms with E-state index in [1.165, 1.54) is 22.3 Å². The van der Waals surface area contributed by atoms with E-state index in [1.54, 1.807) is 0 Å². The van der Waals surface area contributed by atoms with Crippen molar-refractivity contribution in [1.29, 1.82) is 0 Å². The van der Waals surface area contributed by atoms with E-state index in [4.69, 9.17) is 24.4 Å². The summed E-state index contributed by atoms with van der Waals surface area (Å²) in [5.41, 5.74) is 16.7. The summed E-state index contributed by atoms with van der Waals surface area (Å²) in [7, 11) is 0. The SMILES string of the molecule is CC(C)(C)c1cc(-c2nc(-c3cc(C(C)(C)C)cc(C(C)(C)C)c3)nc(-c3cc(-c4ccccc4-n4c5ccc(C(=O)OCc6ccccc6)cc5c5cc(C(=O)OCc6ccccc6)ccc54)ccc3-n3c4ccccc4c4ccccc43)n2)cc(C(C)(C)C)c1. The molecule has 13 rings (SSSR count). The summed E-state index contributed by atoms with van der Waals surface area (Å²) in [5, 5.41) is 3.80. The number of ether oxygens (including phenoxy) is 2. The minimum absolute atomic E-state index is 0.125. The molecule has 9 heteroatoms. The number of esters is 2. The van der Waals surface area contributed by atoms with Crippen LogP contribution in [0.5, 0.6) is 0 Å². The van der Waals surface area contributed by atoms with E-state index < -0.39 is 11.9 Å². The third-order valence-electron chi connectivity index (χ3n) is 17.7. The second-order valence-electron chi connectivity index (χ2n) is 28.4. The van der Waals surface area contributed by atoms with E-state index in [2.05, 4.69) is 214 Å².